The quantitative estimate of drug-likeness (QED) is 0.0199. The Balaban J connectivity index is 4.59. The highest BCUT2D eigenvalue weighted by molar-refractivity contribution is 5.71. The lowest BCUT2D eigenvalue weighted by Gasteiger charge is -2.18. The maximum absolute atomic E-state index is 12.8. The minimum absolute atomic E-state index is 0.126. The van der Waals surface area contributed by atoms with E-state index in [1.54, 1.807) is 0 Å². The molecule has 1 unspecified atom stereocenters. The predicted molar refractivity (Wildman–Crippen MR) is 292 cm³/mol. The molecule has 0 N–H and O–H groups in total. The molecule has 6 heteroatoms. The van der Waals surface area contributed by atoms with Gasteiger partial charge in [0.15, 0.2) is 6.10 Å². The van der Waals surface area contributed by atoms with Crippen LogP contribution in [0.4, 0.5) is 0 Å². The van der Waals surface area contributed by atoms with E-state index in [-0.39, 0.29) is 37.5 Å². The summed E-state index contributed by atoms with van der Waals surface area (Å²) in [7, 11) is 0. The van der Waals surface area contributed by atoms with Crippen molar-refractivity contribution in [2.75, 3.05) is 13.2 Å². The minimum Gasteiger partial charge on any atom is -0.462 e. The minimum atomic E-state index is -0.829. The molecular weight excluding hydrogens is 841 g/mol. The lowest BCUT2D eigenvalue weighted by molar-refractivity contribution is -0.167. The summed E-state index contributed by atoms with van der Waals surface area (Å²) in [6.45, 7) is 6.23. The summed E-state index contributed by atoms with van der Waals surface area (Å²) in [4.78, 5) is 38.0. The fourth-order valence-electron chi connectivity index (χ4n) is 6.49. The van der Waals surface area contributed by atoms with Gasteiger partial charge in [0.05, 0.1) is 0 Å². The van der Waals surface area contributed by atoms with Crippen molar-refractivity contribution in [1.82, 2.24) is 0 Å². The molecule has 0 amide bonds. The van der Waals surface area contributed by atoms with Crippen LogP contribution in [0.1, 0.15) is 194 Å². The molecule has 0 aromatic rings. The maximum Gasteiger partial charge on any atom is 0.306 e. The number of carbonyl (C=O) groups excluding carboxylic acids is 3. The molecule has 0 saturated carbocycles. The van der Waals surface area contributed by atoms with Crippen LogP contribution >= 0.6 is 0 Å². The first kappa shape index (κ1) is 63.0. The van der Waals surface area contributed by atoms with Gasteiger partial charge >= 0.3 is 17.9 Å². The Morgan fingerprint density at radius 1 is 0.324 bits per heavy atom. The summed E-state index contributed by atoms with van der Waals surface area (Å²) in [6, 6.07) is 0. The topological polar surface area (TPSA) is 78.9 Å². The first-order chi connectivity index (χ1) is 33.5. The van der Waals surface area contributed by atoms with Crippen molar-refractivity contribution in [3.63, 3.8) is 0 Å². The second-order valence-corrected chi connectivity index (χ2v) is 16.8. The van der Waals surface area contributed by atoms with E-state index in [2.05, 4.69) is 142 Å². The average molecular weight is 935 g/mol. The summed E-state index contributed by atoms with van der Waals surface area (Å²) in [6.07, 6.45) is 79.3. The second kappa shape index (κ2) is 54.6. The third kappa shape index (κ3) is 52.0. The molecule has 0 aliphatic rings. The fraction of sp³-hybridized carbons (Fsp3) is 0.532. The molecule has 0 radical (unpaired) electrons. The van der Waals surface area contributed by atoms with E-state index in [4.69, 9.17) is 14.2 Å². The van der Waals surface area contributed by atoms with Crippen molar-refractivity contribution in [3.8, 4) is 0 Å². The molecule has 0 spiro atoms. The standard InChI is InChI=1S/C62H94O6/c1-4-7-10-13-16-19-22-25-27-29-31-33-34-37-40-43-46-49-52-55-61(64)67-58-59(57-66-60(63)54-51-48-45-42-39-36-24-21-18-15-12-9-6-3)68-62(65)56-53-50-47-44-41-38-35-32-30-28-26-23-20-17-14-11-8-5-2/h7,9-10,12,15-21,23-28,30-33,35-37,39-40,59H,4-6,8,11,13-14,22,29,34,38,41-58H2,1-3H3/b10-7+,12-9+,18-15+,19-16+,20-17+,24-21+,26-23+,27-25+,30-28+,33-31+,35-32+,39-36+,40-37+. The monoisotopic (exact) mass is 935 g/mol. The number of unbranched alkanes of at least 4 members (excludes halogenated alkanes) is 14. The van der Waals surface area contributed by atoms with Crippen molar-refractivity contribution in [2.45, 2.75) is 200 Å². The van der Waals surface area contributed by atoms with Gasteiger partial charge in [0.2, 0.25) is 0 Å². The molecule has 0 aromatic heterocycles. The lowest BCUT2D eigenvalue weighted by atomic mass is 10.1. The summed E-state index contributed by atoms with van der Waals surface area (Å²) < 4.78 is 16.7. The van der Waals surface area contributed by atoms with Crippen molar-refractivity contribution in [3.05, 3.63) is 158 Å². The molecular formula is C62H94O6. The summed E-state index contributed by atoms with van der Waals surface area (Å²) in [5.41, 5.74) is 0. The van der Waals surface area contributed by atoms with Gasteiger partial charge in [0.25, 0.3) is 0 Å². The molecule has 0 fully saturated rings. The highest BCUT2D eigenvalue weighted by atomic mass is 16.6. The van der Waals surface area contributed by atoms with Crippen molar-refractivity contribution in [2.24, 2.45) is 0 Å². The number of ether oxygens (including phenoxy) is 3. The fourth-order valence-corrected chi connectivity index (χ4v) is 6.49. The van der Waals surface area contributed by atoms with E-state index in [0.29, 0.717) is 12.8 Å². The van der Waals surface area contributed by atoms with Gasteiger partial charge in [-0.05, 0) is 109 Å². The van der Waals surface area contributed by atoms with Crippen LogP contribution in [-0.2, 0) is 28.6 Å². The van der Waals surface area contributed by atoms with E-state index in [9.17, 15) is 14.4 Å². The second-order valence-electron chi connectivity index (χ2n) is 16.8. The van der Waals surface area contributed by atoms with Gasteiger partial charge in [0.1, 0.15) is 13.2 Å². The Hall–Kier alpha value is -4.97. The third-order valence-electron chi connectivity index (χ3n) is 10.4. The van der Waals surface area contributed by atoms with Crippen LogP contribution in [0.2, 0.25) is 0 Å². The van der Waals surface area contributed by atoms with Gasteiger partial charge in [-0.1, -0.05) is 224 Å². The zero-order chi connectivity index (χ0) is 49.3. The Kier molecular flexibility index (Phi) is 50.6. The van der Waals surface area contributed by atoms with Crippen LogP contribution in [0.15, 0.2) is 158 Å². The molecule has 0 aromatic carbocycles. The third-order valence-corrected chi connectivity index (χ3v) is 10.4. The zero-order valence-corrected chi connectivity index (χ0v) is 43.0. The van der Waals surface area contributed by atoms with E-state index in [0.717, 1.165) is 135 Å². The van der Waals surface area contributed by atoms with Crippen LogP contribution in [-0.4, -0.2) is 37.2 Å². The molecule has 0 rings (SSSR count). The lowest BCUT2D eigenvalue weighted by Crippen LogP contribution is -2.30. The van der Waals surface area contributed by atoms with Gasteiger partial charge in [-0.3, -0.25) is 14.4 Å². The van der Waals surface area contributed by atoms with Crippen molar-refractivity contribution in [1.29, 1.82) is 0 Å². The summed E-state index contributed by atoms with van der Waals surface area (Å²) in [5, 5.41) is 0. The first-order valence-electron chi connectivity index (χ1n) is 26.6. The molecule has 0 saturated heterocycles. The maximum atomic E-state index is 12.8. The van der Waals surface area contributed by atoms with Crippen LogP contribution < -0.4 is 0 Å². The SMILES string of the molecule is CC/C=C/C=C/C=C/C=C/CCCCCC(=O)OCC(COC(=O)CCCCC/C=C/C/C=C/C/C=C/C/C=C/C/C=C/CC)OC(=O)CCCCCCC/C=C/C=C/C=C/C=C/CCCCC. The molecule has 378 valence electrons. The smallest absolute Gasteiger partial charge is 0.306 e. The average Bonchev–Trinajstić information content (AvgIpc) is 3.34. The van der Waals surface area contributed by atoms with Crippen molar-refractivity contribution >= 4 is 17.9 Å². The molecule has 0 heterocycles. The zero-order valence-electron chi connectivity index (χ0n) is 43.0. The Morgan fingerprint density at radius 2 is 0.647 bits per heavy atom. The number of allylic oxidation sites excluding steroid dienone is 26. The van der Waals surface area contributed by atoms with Crippen LogP contribution in [0.5, 0.6) is 0 Å². The number of rotatable bonds is 45. The predicted octanol–water partition coefficient (Wildman–Crippen LogP) is 17.8. The van der Waals surface area contributed by atoms with E-state index in [1.165, 1.54) is 19.3 Å². The highest BCUT2D eigenvalue weighted by Crippen LogP contribution is 2.12. The van der Waals surface area contributed by atoms with E-state index in [1.807, 2.05) is 36.5 Å². The van der Waals surface area contributed by atoms with Crippen LogP contribution in [0.3, 0.4) is 0 Å². The molecule has 0 bridgehead atoms. The number of esters is 3. The highest BCUT2D eigenvalue weighted by Gasteiger charge is 2.19. The van der Waals surface area contributed by atoms with Gasteiger partial charge in [-0.2, -0.15) is 0 Å². The van der Waals surface area contributed by atoms with Crippen molar-refractivity contribution < 1.29 is 28.6 Å². The number of hydrogen-bond acceptors (Lipinski definition) is 6. The van der Waals surface area contributed by atoms with Gasteiger partial charge in [-0.15, -0.1) is 0 Å². The van der Waals surface area contributed by atoms with Gasteiger partial charge in [0, 0.05) is 19.3 Å². The van der Waals surface area contributed by atoms with E-state index >= 15 is 0 Å². The molecule has 68 heavy (non-hydrogen) atoms. The Labute approximate surface area is 416 Å². The first-order valence-corrected chi connectivity index (χ1v) is 26.6. The molecule has 0 aliphatic carbocycles. The van der Waals surface area contributed by atoms with E-state index < -0.39 is 6.10 Å². The van der Waals surface area contributed by atoms with Crippen LogP contribution in [0.25, 0.3) is 0 Å². The van der Waals surface area contributed by atoms with Crippen LogP contribution in [0, 0.1) is 0 Å². The number of carbonyl (C=O) groups is 3. The molecule has 6 nitrogen and oxygen atoms in total. The summed E-state index contributed by atoms with van der Waals surface area (Å²) in [5.74, 6) is -1.03. The van der Waals surface area contributed by atoms with Gasteiger partial charge in [-0.25, -0.2) is 0 Å². The Morgan fingerprint density at radius 3 is 1.09 bits per heavy atom. The normalized spacial score (nSPS) is 13.4. The number of hydrogen-bond donors (Lipinski definition) is 0. The molecule has 1 atom stereocenters. The van der Waals surface area contributed by atoms with Gasteiger partial charge < -0.3 is 14.2 Å². The Bertz CT molecular complexity index is 1590. The largest absolute Gasteiger partial charge is 0.462 e. The summed E-state index contributed by atoms with van der Waals surface area (Å²) >= 11 is 0. The molecule has 0 aliphatic heterocycles.